The Morgan fingerprint density at radius 2 is 1.97 bits per heavy atom. The van der Waals surface area contributed by atoms with Crippen molar-refractivity contribution in [1.82, 2.24) is 19.9 Å². The van der Waals surface area contributed by atoms with Crippen molar-refractivity contribution >= 4 is 40.5 Å². The molecule has 1 fully saturated rings. The Balaban J connectivity index is 1.25. The molecule has 1 amide bonds. The number of para-hydroxylation sites is 1. The highest BCUT2D eigenvalue weighted by atomic mass is 35.5. The van der Waals surface area contributed by atoms with Crippen LogP contribution in [-0.2, 0) is 12.8 Å². The molecule has 0 aliphatic carbocycles. The van der Waals surface area contributed by atoms with E-state index in [0.29, 0.717) is 28.6 Å². The molecular weight excluding hydrogens is 514 g/mol. The Morgan fingerprint density at radius 1 is 1.13 bits per heavy atom. The number of aryl methyl sites for hydroxylation is 2. The van der Waals surface area contributed by atoms with Crippen LogP contribution in [0.2, 0.25) is 5.02 Å². The van der Waals surface area contributed by atoms with Crippen molar-refractivity contribution in [3.05, 3.63) is 82.3 Å². The number of hydrogen-bond donors (Lipinski definition) is 3. The predicted octanol–water partition coefficient (Wildman–Crippen LogP) is 4.74. The summed E-state index contributed by atoms with van der Waals surface area (Å²) in [7, 11) is 1.67. The number of aromatic nitrogens is 3. The first kappa shape index (κ1) is 25.2. The molecule has 9 nitrogen and oxygen atoms in total. The number of nitrogens with one attached hydrogen (secondary N) is 3. The molecule has 2 aromatic carbocycles. The molecule has 0 saturated carbocycles. The second kappa shape index (κ2) is 10.6. The summed E-state index contributed by atoms with van der Waals surface area (Å²) in [6.07, 6.45) is 5.19. The number of anilines is 4. The van der Waals surface area contributed by atoms with E-state index < -0.39 is 0 Å². The molecular formula is C29H30ClN7O2. The minimum atomic E-state index is -0.190. The van der Waals surface area contributed by atoms with E-state index in [1.54, 1.807) is 13.2 Å². The highest BCUT2D eigenvalue weighted by molar-refractivity contribution is 6.34. The lowest BCUT2D eigenvalue weighted by Crippen LogP contribution is -2.43. The largest absolute Gasteiger partial charge is 0.494 e. The zero-order chi connectivity index (χ0) is 26.9. The number of rotatable bonds is 6. The van der Waals surface area contributed by atoms with Crippen molar-refractivity contribution in [3.8, 4) is 11.6 Å². The average Bonchev–Trinajstić information content (AvgIpc) is 3.41. The maximum absolute atomic E-state index is 13.2. The molecule has 6 rings (SSSR count). The Hall–Kier alpha value is -4.08. The van der Waals surface area contributed by atoms with E-state index in [9.17, 15) is 4.79 Å². The van der Waals surface area contributed by atoms with Crippen LogP contribution in [-0.4, -0.2) is 53.7 Å². The normalized spacial score (nSPS) is 14.4. The van der Waals surface area contributed by atoms with E-state index in [0.717, 1.165) is 72.4 Å². The number of amides is 1. The monoisotopic (exact) mass is 543 g/mol. The number of methoxy groups -OCH3 is 1. The van der Waals surface area contributed by atoms with Crippen molar-refractivity contribution < 1.29 is 9.53 Å². The number of carbonyl (C=O) groups excluding carboxylic acids is 1. The summed E-state index contributed by atoms with van der Waals surface area (Å²) in [4.78, 5) is 25.0. The van der Waals surface area contributed by atoms with Crippen LogP contribution >= 0.6 is 11.6 Å². The highest BCUT2D eigenvalue weighted by Gasteiger charge is 2.25. The van der Waals surface area contributed by atoms with E-state index in [4.69, 9.17) is 21.3 Å². The molecule has 1 saturated heterocycles. The van der Waals surface area contributed by atoms with Gasteiger partial charge < -0.3 is 30.2 Å². The molecule has 10 heteroatoms. The van der Waals surface area contributed by atoms with Crippen LogP contribution in [0.1, 0.15) is 27.2 Å². The molecule has 0 spiro atoms. The summed E-state index contributed by atoms with van der Waals surface area (Å²) in [6.45, 7) is 5.78. The maximum atomic E-state index is 13.2. The Labute approximate surface area is 232 Å². The molecule has 0 bridgehead atoms. The lowest BCUT2D eigenvalue weighted by Gasteiger charge is -2.30. The highest BCUT2D eigenvalue weighted by Crippen LogP contribution is 2.33. The number of piperazine rings is 1. The first-order valence-corrected chi connectivity index (χ1v) is 13.4. The van der Waals surface area contributed by atoms with E-state index >= 15 is 0 Å². The third-order valence-corrected chi connectivity index (χ3v) is 7.63. The van der Waals surface area contributed by atoms with Gasteiger partial charge in [0, 0.05) is 61.6 Å². The van der Waals surface area contributed by atoms with Gasteiger partial charge in [-0.3, -0.25) is 4.79 Å². The molecule has 2 aliphatic heterocycles. The number of ether oxygens (including phenoxy) is 1. The van der Waals surface area contributed by atoms with Gasteiger partial charge in [-0.25, -0.2) is 4.98 Å². The molecule has 0 atom stereocenters. The number of benzene rings is 2. The Morgan fingerprint density at radius 3 is 2.77 bits per heavy atom. The van der Waals surface area contributed by atoms with Crippen molar-refractivity contribution in [3.63, 3.8) is 0 Å². The first-order chi connectivity index (χ1) is 19.0. The van der Waals surface area contributed by atoms with Gasteiger partial charge in [0.25, 0.3) is 5.91 Å². The molecule has 3 N–H and O–H groups in total. The lowest BCUT2D eigenvalue weighted by atomic mass is 10.0. The van der Waals surface area contributed by atoms with Crippen LogP contribution < -0.4 is 25.6 Å². The number of fused-ring (bicyclic) bond motifs is 3. The summed E-state index contributed by atoms with van der Waals surface area (Å²) in [5, 5.41) is 10.2. The van der Waals surface area contributed by atoms with Crippen LogP contribution in [0.3, 0.4) is 0 Å². The number of carbonyl (C=O) groups is 1. The topological polar surface area (TPSA) is 96.3 Å². The van der Waals surface area contributed by atoms with E-state index in [-0.39, 0.29) is 5.91 Å². The third kappa shape index (κ3) is 4.91. The first-order valence-electron chi connectivity index (χ1n) is 13.1. The van der Waals surface area contributed by atoms with Crippen LogP contribution in [0.4, 0.5) is 23.0 Å². The minimum absolute atomic E-state index is 0.190. The van der Waals surface area contributed by atoms with Gasteiger partial charge >= 0.3 is 0 Å². The summed E-state index contributed by atoms with van der Waals surface area (Å²) < 4.78 is 7.67. The zero-order valence-corrected chi connectivity index (χ0v) is 22.7. The molecule has 4 heterocycles. The smallest absolute Gasteiger partial charge is 0.257 e. The van der Waals surface area contributed by atoms with E-state index in [2.05, 4.69) is 31.9 Å². The summed E-state index contributed by atoms with van der Waals surface area (Å²) in [5.74, 6) is 1.76. The molecule has 0 unspecified atom stereocenters. The molecule has 200 valence electrons. The van der Waals surface area contributed by atoms with Gasteiger partial charge in [-0.1, -0.05) is 23.7 Å². The predicted molar refractivity (Wildman–Crippen MR) is 154 cm³/mol. The molecule has 2 aromatic heterocycles. The van der Waals surface area contributed by atoms with Crippen molar-refractivity contribution in [2.45, 2.75) is 19.8 Å². The molecule has 2 aliphatic rings. The van der Waals surface area contributed by atoms with Gasteiger partial charge in [0.2, 0.25) is 5.95 Å². The second-order valence-electron chi connectivity index (χ2n) is 9.72. The Kier molecular flexibility index (Phi) is 6.85. The van der Waals surface area contributed by atoms with Gasteiger partial charge in [-0.05, 0) is 49.6 Å². The fourth-order valence-corrected chi connectivity index (χ4v) is 5.48. The SMILES string of the molecule is COc1cc(N2CCNCC2)ccc1Nc1ncc2c(n1)-n1ccc(C(=O)Nc3c(C)cccc3Cl)c1CC2. The molecule has 39 heavy (non-hydrogen) atoms. The quantitative estimate of drug-likeness (QED) is 0.323. The summed E-state index contributed by atoms with van der Waals surface area (Å²) >= 11 is 6.34. The summed E-state index contributed by atoms with van der Waals surface area (Å²) in [6, 6.07) is 13.5. The number of halogens is 1. The number of nitrogens with zero attached hydrogens (tertiary/aromatic N) is 4. The zero-order valence-electron chi connectivity index (χ0n) is 21.9. The Bertz CT molecular complexity index is 1520. The van der Waals surface area contributed by atoms with Gasteiger partial charge in [-0.2, -0.15) is 4.98 Å². The molecule has 0 radical (unpaired) electrons. The average molecular weight is 544 g/mol. The van der Waals surface area contributed by atoms with Crippen LogP contribution in [0.25, 0.3) is 5.82 Å². The van der Waals surface area contributed by atoms with Crippen molar-refractivity contribution in [2.75, 3.05) is 48.8 Å². The summed E-state index contributed by atoms with van der Waals surface area (Å²) in [5.41, 5.74) is 6.00. The van der Waals surface area contributed by atoms with Crippen LogP contribution in [0, 0.1) is 6.92 Å². The van der Waals surface area contributed by atoms with Crippen LogP contribution in [0.15, 0.2) is 54.9 Å². The lowest BCUT2D eigenvalue weighted by molar-refractivity contribution is 0.102. The second-order valence-corrected chi connectivity index (χ2v) is 10.1. The number of hydrogen-bond acceptors (Lipinski definition) is 7. The van der Waals surface area contributed by atoms with Gasteiger partial charge in [0.15, 0.2) is 0 Å². The van der Waals surface area contributed by atoms with E-state index in [1.165, 1.54) is 0 Å². The fraction of sp³-hybridized carbons (Fsp3) is 0.276. The van der Waals surface area contributed by atoms with Crippen molar-refractivity contribution in [2.24, 2.45) is 0 Å². The maximum Gasteiger partial charge on any atom is 0.257 e. The van der Waals surface area contributed by atoms with Gasteiger partial charge in [-0.15, -0.1) is 0 Å². The van der Waals surface area contributed by atoms with Crippen LogP contribution in [0.5, 0.6) is 5.75 Å². The van der Waals surface area contributed by atoms with E-state index in [1.807, 2.05) is 54.2 Å². The van der Waals surface area contributed by atoms with Crippen molar-refractivity contribution in [1.29, 1.82) is 0 Å². The molecule has 4 aromatic rings. The fourth-order valence-electron chi connectivity index (χ4n) is 5.22. The third-order valence-electron chi connectivity index (χ3n) is 7.31. The standard InChI is InChI=1S/C29H30ClN7O2/c1-18-4-3-5-22(30)26(18)34-28(38)21-10-13-37-24(21)9-6-19-17-32-29(35-27(19)37)33-23-8-7-20(16-25(23)39-2)36-14-11-31-12-15-36/h3-5,7-8,10,13,16-17,31H,6,9,11-12,14-15H2,1-2H3,(H,34,38)(H,32,33,35). The minimum Gasteiger partial charge on any atom is -0.494 e. The van der Waals surface area contributed by atoms with Gasteiger partial charge in [0.1, 0.15) is 11.6 Å². The van der Waals surface area contributed by atoms with Gasteiger partial charge in [0.05, 0.1) is 29.1 Å².